The van der Waals surface area contributed by atoms with Crippen LogP contribution in [0.2, 0.25) is 5.02 Å². The molecule has 32 heavy (non-hydrogen) atoms. The van der Waals surface area contributed by atoms with Crippen LogP contribution in [0, 0.1) is 0 Å². The number of likely N-dealkylation sites (tertiary alicyclic amines) is 1. The van der Waals surface area contributed by atoms with Crippen LogP contribution in [0.15, 0.2) is 54.6 Å². The lowest BCUT2D eigenvalue weighted by atomic mass is 10.1. The van der Waals surface area contributed by atoms with Crippen molar-refractivity contribution in [1.29, 1.82) is 0 Å². The van der Waals surface area contributed by atoms with Crippen molar-refractivity contribution in [2.45, 2.75) is 19.4 Å². The van der Waals surface area contributed by atoms with Crippen LogP contribution in [0.25, 0.3) is 21.8 Å². The second-order valence-corrected chi connectivity index (χ2v) is 8.42. The van der Waals surface area contributed by atoms with Gasteiger partial charge in [0, 0.05) is 33.6 Å². The number of phenols is 1. The lowest BCUT2D eigenvalue weighted by molar-refractivity contribution is 0.324. The van der Waals surface area contributed by atoms with Gasteiger partial charge in [-0.3, -0.25) is 4.90 Å². The second-order valence-electron chi connectivity index (χ2n) is 7.98. The zero-order chi connectivity index (χ0) is 21.4. The second kappa shape index (κ2) is 9.41. The summed E-state index contributed by atoms with van der Waals surface area (Å²) < 4.78 is 5.45. The molecule has 5 rings (SSSR count). The predicted molar refractivity (Wildman–Crippen MR) is 134 cm³/mol. The van der Waals surface area contributed by atoms with Crippen molar-refractivity contribution >= 4 is 57.2 Å². The molecule has 5 nitrogen and oxygen atoms in total. The summed E-state index contributed by atoms with van der Waals surface area (Å²) in [7, 11) is 1.66. The van der Waals surface area contributed by atoms with Crippen LogP contribution in [0.3, 0.4) is 0 Å². The summed E-state index contributed by atoms with van der Waals surface area (Å²) in [4.78, 5) is 7.17. The minimum absolute atomic E-state index is 0. The Morgan fingerprint density at radius 2 is 1.81 bits per heavy atom. The molecule has 166 valence electrons. The van der Waals surface area contributed by atoms with Crippen molar-refractivity contribution in [2.24, 2.45) is 0 Å². The summed E-state index contributed by atoms with van der Waals surface area (Å²) >= 11 is 6.24. The number of anilines is 2. The van der Waals surface area contributed by atoms with E-state index in [1.165, 1.54) is 12.8 Å². The number of ether oxygens (including phenoxy) is 1. The number of halogens is 2. The zero-order valence-electron chi connectivity index (χ0n) is 17.8. The van der Waals surface area contributed by atoms with Crippen molar-refractivity contribution in [3.63, 3.8) is 0 Å². The van der Waals surface area contributed by atoms with Crippen molar-refractivity contribution in [1.82, 2.24) is 9.88 Å². The van der Waals surface area contributed by atoms with Crippen LogP contribution in [-0.4, -0.2) is 35.2 Å². The Balaban J connectivity index is 0.00000245. The average Bonchev–Trinajstić information content (AvgIpc) is 3.28. The van der Waals surface area contributed by atoms with E-state index in [0.29, 0.717) is 10.8 Å². The fourth-order valence-corrected chi connectivity index (χ4v) is 4.44. The number of nitrogens with zero attached hydrogens (tertiary/aromatic N) is 2. The maximum absolute atomic E-state index is 10.4. The van der Waals surface area contributed by atoms with E-state index in [0.717, 1.165) is 64.1 Å². The number of aromatic nitrogens is 1. The number of pyridine rings is 1. The van der Waals surface area contributed by atoms with Gasteiger partial charge in [-0.25, -0.2) is 4.98 Å². The van der Waals surface area contributed by atoms with E-state index < -0.39 is 0 Å². The van der Waals surface area contributed by atoms with Crippen molar-refractivity contribution in [3.8, 4) is 11.5 Å². The van der Waals surface area contributed by atoms with Crippen molar-refractivity contribution < 1.29 is 9.84 Å². The van der Waals surface area contributed by atoms with Gasteiger partial charge in [-0.2, -0.15) is 0 Å². The lowest BCUT2D eigenvalue weighted by Gasteiger charge is -2.18. The van der Waals surface area contributed by atoms with Gasteiger partial charge in [-0.05, 0) is 80.5 Å². The minimum Gasteiger partial charge on any atom is -0.508 e. The third kappa shape index (κ3) is 4.42. The number of nitrogens with one attached hydrogen (secondary N) is 1. The third-order valence-electron chi connectivity index (χ3n) is 5.88. The first-order valence-electron chi connectivity index (χ1n) is 10.5. The van der Waals surface area contributed by atoms with E-state index in [2.05, 4.69) is 10.2 Å². The first-order valence-corrected chi connectivity index (χ1v) is 10.9. The van der Waals surface area contributed by atoms with Gasteiger partial charge in [0.1, 0.15) is 11.5 Å². The summed E-state index contributed by atoms with van der Waals surface area (Å²) in [6.45, 7) is 2.91. The van der Waals surface area contributed by atoms with Gasteiger partial charge in [0.2, 0.25) is 0 Å². The molecule has 2 N–H and O–H groups in total. The Morgan fingerprint density at radius 3 is 2.59 bits per heavy atom. The average molecular weight is 470 g/mol. The molecule has 0 saturated carbocycles. The van der Waals surface area contributed by atoms with Crippen LogP contribution in [-0.2, 0) is 6.54 Å². The third-order valence-corrected chi connectivity index (χ3v) is 6.12. The number of rotatable bonds is 5. The summed E-state index contributed by atoms with van der Waals surface area (Å²) in [6, 6.07) is 17.3. The summed E-state index contributed by atoms with van der Waals surface area (Å²) in [5, 5.41) is 16.6. The van der Waals surface area contributed by atoms with Gasteiger partial charge >= 0.3 is 0 Å². The number of benzene rings is 3. The van der Waals surface area contributed by atoms with Gasteiger partial charge in [-0.1, -0.05) is 11.6 Å². The predicted octanol–water partition coefficient (Wildman–Crippen LogP) is 6.52. The van der Waals surface area contributed by atoms with E-state index in [4.69, 9.17) is 21.3 Å². The minimum atomic E-state index is 0. The molecule has 1 aliphatic heterocycles. The summed E-state index contributed by atoms with van der Waals surface area (Å²) in [6.07, 6.45) is 2.44. The number of aromatic hydroxyl groups is 1. The van der Waals surface area contributed by atoms with E-state index in [9.17, 15) is 5.11 Å². The Kier molecular flexibility index (Phi) is 6.60. The van der Waals surface area contributed by atoms with Crippen molar-refractivity contribution in [3.05, 3.63) is 65.2 Å². The molecule has 0 unspecified atom stereocenters. The molecule has 0 spiro atoms. The van der Waals surface area contributed by atoms with Crippen LogP contribution in [0.4, 0.5) is 11.4 Å². The topological polar surface area (TPSA) is 57.6 Å². The highest BCUT2D eigenvalue weighted by Crippen LogP contribution is 2.37. The molecule has 0 amide bonds. The van der Waals surface area contributed by atoms with E-state index in [1.807, 2.05) is 48.5 Å². The largest absolute Gasteiger partial charge is 0.508 e. The Bertz CT molecular complexity index is 1270. The molecule has 1 saturated heterocycles. The maximum Gasteiger partial charge on any atom is 0.120 e. The van der Waals surface area contributed by atoms with Crippen LogP contribution in [0.5, 0.6) is 11.5 Å². The number of hydrogen-bond acceptors (Lipinski definition) is 5. The monoisotopic (exact) mass is 469 g/mol. The molecule has 0 aliphatic carbocycles. The molecular weight excluding hydrogens is 445 g/mol. The zero-order valence-corrected chi connectivity index (χ0v) is 19.3. The molecule has 2 heterocycles. The molecule has 4 aromatic rings. The number of fused-ring (bicyclic) bond motifs is 2. The molecule has 7 heteroatoms. The van der Waals surface area contributed by atoms with Gasteiger partial charge in [-0.15, -0.1) is 12.4 Å². The normalized spacial score (nSPS) is 13.9. The highest BCUT2D eigenvalue weighted by Gasteiger charge is 2.16. The molecule has 0 bridgehead atoms. The summed E-state index contributed by atoms with van der Waals surface area (Å²) in [5.41, 5.74) is 4.46. The first-order chi connectivity index (χ1) is 15.1. The molecule has 1 aliphatic rings. The fourth-order valence-electron chi connectivity index (χ4n) is 4.27. The Hall–Kier alpha value is -2.73. The smallest absolute Gasteiger partial charge is 0.120 e. The van der Waals surface area contributed by atoms with E-state index in [1.54, 1.807) is 13.2 Å². The van der Waals surface area contributed by atoms with Gasteiger partial charge in [0.05, 0.1) is 23.8 Å². The van der Waals surface area contributed by atoms with Crippen LogP contribution < -0.4 is 10.1 Å². The molecule has 3 aromatic carbocycles. The number of phenolic OH excluding ortho intramolecular Hbond substituents is 1. The van der Waals surface area contributed by atoms with Crippen LogP contribution in [0.1, 0.15) is 18.4 Å². The van der Waals surface area contributed by atoms with Gasteiger partial charge < -0.3 is 15.2 Å². The quantitative estimate of drug-likeness (QED) is 0.257. The molecule has 1 aromatic heterocycles. The molecular formula is C25H25Cl2N3O2. The highest BCUT2D eigenvalue weighted by atomic mass is 35.5. The standard InChI is InChI=1S/C25H24ClN3O2.ClH/c1-31-19-6-8-22-21(14-19)25(20-7-4-17(26)13-23(20)28-22)27-18-5-9-24(30)16(12-18)15-29-10-2-3-11-29;/h4-9,12-14,30H,2-3,10-11,15H2,1H3,(H,27,28);1H. The van der Waals surface area contributed by atoms with Gasteiger partial charge in [0.15, 0.2) is 0 Å². The maximum atomic E-state index is 10.4. The number of methoxy groups -OCH3 is 1. The lowest BCUT2D eigenvalue weighted by Crippen LogP contribution is -2.18. The molecule has 1 fully saturated rings. The Labute approximate surface area is 198 Å². The molecule has 0 radical (unpaired) electrons. The van der Waals surface area contributed by atoms with E-state index >= 15 is 0 Å². The highest BCUT2D eigenvalue weighted by molar-refractivity contribution is 6.31. The van der Waals surface area contributed by atoms with Crippen molar-refractivity contribution in [2.75, 3.05) is 25.5 Å². The van der Waals surface area contributed by atoms with E-state index in [-0.39, 0.29) is 12.4 Å². The Morgan fingerprint density at radius 1 is 1.00 bits per heavy atom. The fraction of sp³-hybridized carbons (Fsp3) is 0.240. The summed E-state index contributed by atoms with van der Waals surface area (Å²) in [5.74, 6) is 1.10. The van der Waals surface area contributed by atoms with Crippen LogP contribution >= 0.6 is 24.0 Å². The first kappa shape index (κ1) is 22.5. The SMILES string of the molecule is COc1ccc2nc3cc(Cl)ccc3c(Nc3ccc(O)c(CN4CCCC4)c3)c2c1.Cl. The molecule has 0 atom stereocenters. The van der Waals surface area contributed by atoms with Gasteiger partial charge in [0.25, 0.3) is 0 Å². The number of hydrogen-bond donors (Lipinski definition) is 2.